The van der Waals surface area contributed by atoms with Crippen molar-refractivity contribution < 1.29 is 9.53 Å². The maximum absolute atomic E-state index is 12.7. The average molecular weight is 383 g/mol. The van der Waals surface area contributed by atoms with Gasteiger partial charge in [-0.1, -0.05) is 30.3 Å². The number of rotatable bonds is 5. The number of aryl methyl sites for hydroxylation is 1. The third-order valence-electron chi connectivity index (χ3n) is 5.61. The molecule has 1 unspecified atom stereocenters. The lowest BCUT2D eigenvalue weighted by Crippen LogP contribution is -2.50. The highest BCUT2D eigenvalue weighted by Crippen LogP contribution is 2.29. The number of hydrogen-bond donors (Lipinski definition) is 1. The van der Waals surface area contributed by atoms with Gasteiger partial charge in [0.2, 0.25) is 0 Å². The van der Waals surface area contributed by atoms with Gasteiger partial charge in [0.1, 0.15) is 11.9 Å². The van der Waals surface area contributed by atoms with E-state index in [0.717, 1.165) is 70.1 Å². The van der Waals surface area contributed by atoms with Crippen LogP contribution in [0.3, 0.4) is 0 Å². The number of nitrogens with zero attached hydrogens (tertiary/aromatic N) is 4. The number of nitrogens with one attached hydrogen (secondary N) is 1. The number of aromatic nitrogens is 2. The summed E-state index contributed by atoms with van der Waals surface area (Å²) in [6.07, 6.45) is 3.17. The highest BCUT2D eigenvalue weighted by Gasteiger charge is 2.24. The normalized spacial score (nSPS) is 20.5. The molecule has 1 aromatic carbocycles. The van der Waals surface area contributed by atoms with E-state index in [0.29, 0.717) is 0 Å². The number of carbonyl (C=O) groups is 1. The lowest BCUT2D eigenvalue weighted by atomic mass is 10.1. The Hall–Kier alpha value is -2.38. The first-order valence-electron chi connectivity index (χ1n) is 10.2. The number of piperazine rings is 1. The van der Waals surface area contributed by atoms with E-state index in [-0.39, 0.29) is 12.1 Å². The van der Waals surface area contributed by atoms with Crippen LogP contribution < -0.4 is 5.32 Å². The number of hydrogen-bond acceptors (Lipinski definition) is 4. The van der Waals surface area contributed by atoms with Gasteiger partial charge >= 0.3 is 6.03 Å². The van der Waals surface area contributed by atoms with E-state index in [2.05, 4.69) is 39.6 Å². The minimum atomic E-state index is -0.0513. The Morgan fingerprint density at radius 2 is 2.00 bits per heavy atom. The van der Waals surface area contributed by atoms with Gasteiger partial charge in [0, 0.05) is 52.4 Å². The van der Waals surface area contributed by atoms with Crippen molar-refractivity contribution in [3.63, 3.8) is 0 Å². The van der Waals surface area contributed by atoms with Gasteiger partial charge in [-0.25, -0.2) is 4.79 Å². The molecule has 7 nitrogen and oxygen atoms in total. The predicted molar refractivity (Wildman–Crippen MR) is 108 cm³/mol. The van der Waals surface area contributed by atoms with Crippen LogP contribution in [0.1, 0.15) is 30.2 Å². The van der Waals surface area contributed by atoms with Crippen molar-refractivity contribution >= 4 is 11.8 Å². The molecule has 2 fully saturated rings. The van der Waals surface area contributed by atoms with Crippen molar-refractivity contribution in [3.05, 3.63) is 47.7 Å². The molecule has 1 aromatic heterocycles. The maximum atomic E-state index is 12.7. The summed E-state index contributed by atoms with van der Waals surface area (Å²) >= 11 is 0. The monoisotopic (exact) mass is 383 g/mol. The van der Waals surface area contributed by atoms with Gasteiger partial charge in [-0.3, -0.25) is 14.9 Å². The minimum absolute atomic E-state index is 0.0513. The molecule has 0 bridgehead atoms. The molecule has 2 aliphatic heterocycles. The van der Waals surface area contributed by atoms with Gasteiger partial charge in [0.15, 0.2) is 0 Å². The fraction of sp³-hybridized carbons (Fsp3) is 0.524. The van der Waals surface area contributed by atoms with Gasteiger partial charge in [-0.05, 0) is 24.8 Å². The van der Waals surface area contributed by atoms with Gasteiger partial charge in [-0.2, -0.15) is 5.10 Å². The summed E-state index contributed by atoms with van der Waals surface area (Å²) in [5.74, 6) is 0.724. The van der Waals surface area contributed by atoms with Gasteiger partial charge in [-0.15, -0.1) is 0 Å². The average Bonchev–Trinajstić information content (AvgIpc) is 3.38. The molecule has 150 valence electrons. The number of benzene rings is 1. The van der Waals surface area contributed by atoms with Crippen LogP contribution in [0.25, 0.3) is 0 Å². The quantitative estimate of drug-likeness (QED) is 0.862. The second-order valence-corrected chi connectivity index (χ2v) is 7.57. The highest BCUT2D eigenvalue weighted by molar-refractivity contribution is 5.88. The Bertz CT molecular complexity index is 777. The molecule has 4 rings (SSSR count). The van der Waals surface area contributed by atoms with E-state index in [1.165, 1.54) is 5.56 Å². The lowest BCUT2D eigenvalue weighted by Gasteiger charge is -2.34. The third-order valence-corrected chi connectivity index (χ3v) is 5.61. The van der Waals surface area contributed by atoms with Crippen LogP contribution in [-0.2, 0) is 18.2 Å². The molecule has 3 heterocycles. The van der Waals surface area contributed by atoms with Gasteiger partial charge in [0.25, 0.3) is 0 Å². The first-order chi connectivity index (χ1) is 13.7. The van der Waals surface area contributed by atoms with Gasteiger partial charge in [0.05, 0.1) is 5.69 Å². The van der Waals surface area contributed by atoms with Crippen molar-refractivity contribution in [3.8, 4) is 0 Å². The molecule has 28 heavy (non-hydrogen) atoms. The minimum Gasteiger partial charge on any atom is -0.372 e. The Kier molecular flexibility index (Phi) is 5.92. The van der Waals surface area contributed by atoms with Crippen molar-refractivity contribution in [1.29, 1.82) is 0 Å². The molecular formula is C21H29N5O2. The summed E-state index contributed by atoms with van der Waals surface area (Å²) in [6.45, 7) is 5.14. The van der Waals surface area contributed by atoms with E-state index in [1.807, 2.05) is 24.1 Å². The molecule has 2 amide bonds. The van der Waals surface area contributed by atoms with Crippen LogP contribution in [0.5, 0.6) is 0 Å². The number of amides is 2. The molecule has 0 aliphatic carbocycles. The molecule has 1 N–H and O–H groups in total. The molecule has 7 heteroatoms. The first kappa shape index (κ1) is 19.0. The number of anilines is 1. The lowest BCUT2D eigenvalue weighted by molar-refractivity contribution is 0.108. The topological polar surface area (TPSA) is 62.6 Å². The van der Waals surface area contributed by atoms with Crippen LogP contribution >= 0.6 is 0 Å². The fourth-order valence-corrected chi connectivity index (χ4v) is 3.87. The van der Waals surface area contributed by atoms with E-state index >= 15 is 0 Å². The summed E-state index contributed by atoms with van der Waals surface area (Å²) in [4.78, 5) is 17.0. The van der Waals surface area contributed by atoms with E-state index in [4.69, 9.17) is 4.74 Å². The Morgan fingerprint density at radius 1 is 1.21 bits per heavy atom. The van der Waals surface area contributed by atoms with E-state index in [1.54, 1.807) is 4.68 Å². The highest BCUT2D eigenvalue weighted by atomic mass is 16.5. The first-order valence-corrected chi connectivity index (χ1v) is 10.2. The van der Waals surface area contributed by atoms with Crippen LogP contribution in [0, 0.1) is 0 Å². The summed E-state index contributed by atoms with van der Waals surface area (Å²) in [5.41, 5.74) is 2.27. The van der Waals surface area contributed by atoms with Crippen molar-refractivity contribution in [1.82, 2.24) is 19.6 Å². The second-order valence-electron chi connectivity index (χ2n) is 7.57. The molecule has 0 spiro atoms. The Morgan fingerprint density at radius 3 is 2.71 bits per heavy atom. The van der Waals surface area contributed by atoms with Crippen molar-refractivity contribution in [2.24, 2.45) is 7.05 Å². The van der Waals surface area contributed by atoms with Gasteiger partial charge < -0.3 is 9.64 Å². The molecule has 2 aromatic rings. The zero-order valence-corrected chi connectivity index (χ0v) is 16.5. The molecule has 0 radical (unpaired) electrons. The molecular weight excluding hydrogens is 354 g/mol. The molecule has 1 atom stereocenters. The Balaban J connectivity index is 1.25. The SMILES string of the molecule is Cn1nc(C2CCCO2)cc1NC(=O)N1CCN(CCc2ccccc2)CC1. The number of ether oxygens (including phenoxy) is 1. The summed E-state index contributed by atoms with van der Waals surface area (Å²) in [6, 6.07) is 12.4. The van der Waals surface area contributed by atoms with E-state index in [9.17, 15) is 4.79 Å². The molecule has 2 saturated heterocycles. The summed E-state index contributed by atoms with van der Waals surface area (Å²) < 4.78 is 7.42. The second kappa shape index (κ2) is 8.75. The number of carbonyl (C=O) groups excluding carboxylic acids is 1. The summed E-state index contributed by atoms with van der Waals surface area (Å²) in [7, 11) is 1.86. The van der Waals surface area contributed by atoms with Crippen LogP contribution in [-0.4, -0.2) is 64.9 Å². The summed E-state index contributed by atoms with van der Waals surface area (Å²) in [5, 5.41) is 7.52. The number of urea groups is 1. The zero-order valence-electron chi connectivity index (χ0n) is 16.5. The van der Waals surface area contributed by atoms with Crippen LogP contribution in [0.15, 0.2) is 36.4 Å². The van der Waals surface area contributed by atoms with E-state index < -0.39 is 0 Å². The third kappa shape index (κ3) is 4.54. The predicted octanol–water partition coefficient (Wildman–Crippen LogP) is 2.66. The Labute approximate surface area is 166 Å². The maximum Gasteiger partial charge on any atom is 0.323 e. The van der Waals surface area contributed by atoms with Crippen LogP contribution in [0.2, 0.25) is 0 Å². The van der Waals surface area contributed by atoms with Crippen LogP contribution in [0.4, 0.5) is 10.6 Å². The smallest absolute Gasteiger partial charge is 0.323 e. The molecule has 2 aliphatic rings. The fourth-order valence-electron chi connectivity index (χ4n) is 3.87. The zero-order chi connectivity index (χ0) is 19.3. The van der Waals surface area contributed by atoms with Crippen molar-refractivity contribution in [2.45, 2.75) is 25.4 Å². The standard InChI is InChI=1S/C21H29N5O2/c1-24-20(16-18(23-24)19-8-5-15-28-19)22-21(27)26-13-11-25(12-14-26)10-9-17-6-3-2-4-7-17/h2-4,6-7,16,19H,5,8-15H2,1H3,(H,22,27). The largest absolute Gasteiger partial charge is 0.372 e. The van der Waals surface area contributed by atoms with Crippen molar-refractivity contribution in [2.75, 3.05) is 44.6 Å². The molecule has 0 saturated carbocycles.